The van der Waals surface area contributed by atoms with E-state index in [-0.39, 0.29) is 12.1 Å². The molecule has 0 unspecified atom stereocenters. The second-order valence-electron chi connectivity index (χ2n) is 3.89. The molecule has 0 radical (unpaired) electrons. The van der Waals surface area contributed by atoms with E-state index in [2.05, 4.69) is 4.98 Å². The van der Waals surface area contributed by atoms with Gasteiger partial charge in [0.2, 0.25) is 0 Å². The third kappa shape index (κ3) is 2.60. The van der Waals surface area contributed by atoms with Crippen LogP contribution in [-0.4, -0.2) is 11.6 Å². The van der Waals surface area contributed by atoms with Gasteiger partial charge in [-0.1, -0.05) is 6.07 Å². The van der Waals surface area contributed by atoms with E-state index in [0.717, 1.165) is 17.0 Å². The van der Waals surface area contributed by atoms with Gasteiger partial charge in [0.25, 0.3) is 5.56 Å². The number of aromatic amines is 1. The number of nitrogens with two attached hydrogens (primary N) is 1. The first kappa shape index (κ1) is 12.4. The number of ether oxygens (including phenoxy) is 1. The maximum Gasteiger partial charge on any atom is 0.252 e. The average Bonchev–Trinajstić information content (AvgIpc) is 2.40. The van der Waals surface area contributed by atoms with Crippen LogP contribution in [0.25, 0.3) is 11.3 Å². The Hall–Kier alpha value is -2.07. The Bertz CT molecular complexity index is 573. The molecule has 0 bridgehead atoms. The minimum Gasteiger partial charge on any atom is -0.494 e. The molecular weight excluding hydrogens is 228 g/mol. The normalized spacial score (nSPS) is 10.3. The Morgan fingerprint density at radius 2 is 1.89 bits per heavy atom. The molecule has 0 atom stereocenters. The third-order valence-electron chi connectivity index (χ3n) is 2.69. The lowest BCUT2D eigenvalue weighted by molar-refractivity contribution is 0.340. The van der Waals surface area contributed by atoms with E-state index in [1.54, 1.807) is 6.07 Å². The molecule has 94 valence electrons. The van der Waals surface area contributed by atoms with Crippen molar-refractivity contribution in [2.24, 2.45) is 5.73 Å². The Labute approximate surface area is 105 Å². The first-order chi connectivity index (χ1) is 8.74. The summed E-state index contributed by atoms with van der Waals surface area (Å²) in [5.74, 6) is 0.821. The highest BCUT2D eigenvalue weighted by molar-refractivity contribution is 5.60. The van der Waals surface area contributed by atoms with Crippen molar-refractivity contribution in [3.05, 3.63) is 52.3 Å². The lowest BCUT2D eigenvalue weighted by Crippen LogP contribution is -2.15. The van der Waals surface area contributed by atoms with Gasteiger partial charge in [-0.05, 0) is 42.8 Å². The molecule has 0 aliphatic carbocycles. The van der Waals surface area contributed by atoms with E-state index >= 15 is 0 Å². The fourth-order valence-electron chi connectivity index (χ4n) is 1.73. The van der Waals surface area contributed by atoms with E-state index in [1.165, 1.54) is 0 Å². The molecule has 0 spiro atoms. The minimum absolute atomic E-state index is 0.135. The lowest BCUT2D eigenvalue weighted by atomic mass is 10.1. The van der Waals surface area contributed by atoms with Gasteiger partial charge in [-0.2, -0.15) is 0 Å². The molecule has 18 heavy (non-hydrogen) atoms. The number of aromatic nitrogens is 1. The summed E-state index contributed by atoms with van der Waals surface area (Å²) in [5, 5.41) is 0. The van der Waals surface area contributed by atoms with Gasteiger partial charge in [0.1, 0.15) is 5.75 Å². The molecule has 0 aliphatic rings. The van der Waals surface area contributed by atoms with E-state index in [0.29, 0.717) is 12.2 Å². The molecule has 0 aliphatic heterocycles. The van der Waals surface area contributed by atoms with Crippen LogP contribution in [0, 0.1) is 0 Å². The van der Waals surface area contributed by atoms with Crippen LogP contribution >= 0.6 is 0 Å². The summed E-state index contributed by atoms with van der Waals surface area (Å²) in [6.45, 7) is 2.83. The second-order valence-corrected chi connectivity index (χ2v) is 3.89. The zero-order valence-electron chi connectivity index (χ0n) is 10.3. The monoisotopic (exact) mass is 244 g/mol. The van der Waals surface area contributed by atoms with E-state index < -0.39 is 0 Å². The zero-order chi connectivity index (χ0) is 13.0. The first-order valence-corrected chi connectivity index (χ1v) is 5.90. The number of pyridine rings is 1. The van der Waals surface area contributed by atoms with Crippen molar-refractivity contribution in [1.82, 2.24) is 4.98 Å². The molecule has 4 nitrogen and oxygen atoms in total. The SMILES string of the molecule is CCOc1ccc(-c2ccc(CN)c(=O)[nH]2)cc1. The second kappa shape index (κ2) is 5.51. The number of hydrogen-bond donors (Lipinski definition) is 2. The number of hydrogen-bond acceptors (Lipinski definition) is 3. The summed E-state index contributed by atoms with van der Waals surface area (Å²) in [4.78, 5) is 14.5. The summed E-state index contributed by atoms with van der Waals surface area (Å²) in [6, 6.07) is 11.2. The van der Waals surface area contributed by atoms with Crippen molar-refractivity contribution in [2.45, 2.75) is 13.5 Å². The third-order valence-corrected chi connectivity index (χ3v) is 2.69. The van der Waals surface area contributed by atoms with E-state index in [1.807, 2.05) is 37.3 Å². The number of rotatable bonds is 4. The topological polar surface area (TPSA) is 68.1 Å². The average molecular weight is 244 g/mol. The van der Waals surface area contributed by atoms with E-state index in [9.17, 15) is 4.79 Å². The van der Waals surface area contributed by atoms with Crippen molar-refractivity contribution >= 4 is 0 Å². The maximum absolute atomic E-state index is 11.7. The Balaban J connectivity index is 2.31. The summed E-state index contributed by atoms with van der Waals surface area (Å²) in [5.41, 5.74) is 7.63. The molecule has 3 N–H and O–H groups in total. The lowest BCUT2D eigenvalue weighted by Gasteiger charge is -2.05. The summed E-state index contributed by atoms with van der Waals surface area (Å²) >= 11 is 0. The molecule has 1 aromatic carbocycles. The van der Waals surface area contributed by atoms with Gasteiger partial charge in [0.05, 0.1) is 6.61 Å². The van der Waals surface area contributed by atoms with Gasteiger partial charge in [-0.15, -0.1) is 0 Å². The predicted molar refractivity (Wildman–Crippen MR) is 71.6 cm³/mol. The minimum atomic E-state index is -0.135. The van der Waals surface area contributed by atoms with Crippen molar-refractivity contribution < 1.29 is 4.74 Å². The van der Waals surface area contributed by atoms with Gasteiger partial charge in [0, 0.05) is 17.8 Å². The van der Waals surface area contributed by atoms with Crippen molar-refractivity contribution in [2.75, 3.05) is 6.61 Å². The number of nitrogens with one attached hydrogen (secondary N) is 1. The van der Waals surface area contributed by atoms with Crippen LogP contribution in [0.4, 0.5) is 0 Å². The summed E-state index contributed by atoms with van der Waals surface area (Å²) in [6.07, 6.45) is 0. The van der Waals surface area contributed by atoms with Crippen molar-refractivity contribution in [1.29, 1.82) is 0 Å². The molecule has 4 heteroatoms. The Morgan fingerprint density at radius 1 is 1.17 bits per heavy atom. The Morgan fingerprint density at radius 3 is 2.44 bits per heavy atom. The number of H-pyrrole nitrogens is 1. The summed E-state index contributed by atoms with van der Waals surface area (Å²) < 4.78 is 5.37. The smallest absolute Gasteiger partial charge is 0.252 e. The molecule has 2 aromatic rings. The van der Waals surface area contributed by atoms with Crippen molar-refractivity contribution in [3.8, 4) is 17.0 Å². The molecule has 0 fully saturated rings. The molecule has 0 saturated carbocycles. The highest BCUT2D eigenvalue weighted by Gasteiger charge is 2.02. The van der Waals surface area contributed by atoms with Crippen LogP contribution in [0.5, 0.6) is 5.75 Å². The fourth-order valence-corrected chi connectivity index (χ4v) is 1.73. The standard InChI is InChI=1S/C14H16N2O2/c1-2-18-12-6-3-10(4-7-12)13-8-5-11(9-15)14(17)16-13/h3-8H,2,9,15H2,1H3,(H,16,17). The van der Waals surface area contributed by atoms with Crippen LogP contribution in [0.15, 0.2) is 41.2 Å². The van der Waals surface area contributed by atoms with Crippen LogP contribution in [0.3, 0.4) is 0 Å². The first-order valence-electron chi connectivity index (χ1n) is 5.90. The van der Waals surface area contributed by atoms with Gasteiger partial charge < -0.3 is 15.5 Å². The van der Waals surface area contributed by atoms with E-state index in [4.69, 9.17) is 10.5 Å². The molecule has 0 saturated heterocycles. The predicted octanol–water partition coefficient (Wildman–Crippen LogP) is 1.90. The van der Waals surface area contributed by atoms with Gasteiger partial charge in [-0.25, -0.2) is 0 Å². The van der Waals surface area contributed by atoms with Crippen LogP contribution in [0.2, 0.25) is 0 Å². The zero-order valence-corrected chi connectivity index (χ0v) is 10.3. The largest absolute Gasteiger partial charge is 0.494 e. The quantitative estimate of drug-likeness (QED) is 0.863. The Kier molecular flexibility index (Phi) is 3.79. The van der Waals surface area contributed by atoms with Crippen LogP contribution in [-0.2, 0) is 6.54 Å². The van der Waals surface area contributed by atoms with Crippen molar-refractivity contribution in [3.63, 3.8) is 0 Å². The van der Waals surface area contributed by atoms with Gasteiger partial charge >= 0.3 is 0 Å². The summed E-state index contributed by atoms with van der Waals surface area (Å²) in [7, 11) is 0. The molecule has 1 aromatic heterocycles. The van der Waals surface area contributed by atoms with Crippen LogP contribution < -0.4 is 16.0 Å². The molecular formula is C14H16N2O2. The maximum atomic E-state index is 11.7. The highest BCUT2D eigenvalue weighted by Crippen LogP contribution is 2.19. The molecule has 0 amide bonds. The highest BCUT2D eigenvalue weighted by atomic mass is 16.5. The molecule has 2 rings (SSSR count). The molecule has 1 heterocycles. The van der Waals surface area contributed by atoms with Gasteiger partial charge in [0.15, 0.2) is 0 Å². The number of benzene rings is 1. The van der Waals surface area contributed by atoms with Crippen LogP contribution in [0.1, 0.15) is 12.5 Å². The van der Waals surface area contributed by atoms with Gasteiger partial charge in [-0.3, -0.25) is 4.79 Å². The fraction of sp³-hybridized carbons (Fsp3) is 0.214.